The van der Waals surface area contributed by atoms with Crippen LogP contribution >= 0.6 is 24.0 Å². The van der Waals surface area contributed by atoms with Gasteiger partial charge in [-0.15, -0.1) is 24.0 Å². The third-order valence-electron chi connectivity index (χ3n) is 2.46. The number of nitrogens with two attached hydrogens (primary N) is 1. The van der Waals surface area contributed by atoms with E-state index in [1.165, 1.54) is 0 Å². The van der Waals surface area contributed by atoms with Gasteiger partial charge in [0, 0.05) is 5.54 Å². The van der Waals surface area contributed by atoms with Crippen molar-refractivity contribution in [3.05, 3.63) is 23.8 Å². The van der Waals surface area contributed by atoms with Crippen LogP contribution in [0.5, 0.6) is 11.5 Å². The Morgan fingerprint density at radius 2 is 1.95 bits per heavy atom. The van der Waals surface area contributed by atoms with Gasteiger partial charge in [0.05, 0.1) is 20.3 Å². The van der Waals surface area contributed by atoms with Gasteiger partial charge in [-0.25, -0.2) is 4.99 Å². The van der Waals surface area contributed by atoms with Crippen molar-refractivity contribution in [1.82, 2.24) is 5.32 Å². The molecule has 21 heavy (non-hydrogen) atoms. The molecule has 0 saturated heterocycles. The highest BCUT2D eigenvalue weighted by Crippen LogP contribution is 2.28. The summed E-state index contributed by atoms with van der Waals surface area (Å²) in [5, 5.41) is 3.12. The number of rotatable bonds is 5. The fraction of sp³-hybridized carbons (Fsp3) is 0.533. The highest BCUT2D eigenvalue weighted by Gasteiger charge is 2.10. The Bertz CT molecular complexity index is 470. The summed E-state index contributed by atoms with van der Waals surface area (Å²) < 4.78 is 10.8. The van der Waals surface area contributed by atoms with Gasteiger partial charge < -0.3 is 20.5 Å². The maximum Gasteiger partial charge on any atom is 0.189 e. The number of nitrogens with zero attached hydrogens (tertiary/aromatic N) is 1. The molecule has 0 atom stereocenters. The minimum atomic E-state index is -0.0933. The van der Waals surface area contributed by atoms with Crippen LogP contribution in [0.2, 0.25) is 0 Å². The molecule has 0 bridgehead atoms. The average molecular weight is 407 g/mol. The molecule has 6 heteroatoms. The number of guanidine groups is 1. The first-order chi connectivity index (χ1) is 9.35. The summed E-state index contributed by atoms with van der Waals surface area (Å²) >= 11 is 0. The lowest BCUT2D eigenvalue weighted by Crippen LogP contribution is -2.44. The molecule has 5 nitrogen and oxygen atoms in total. The zero-order valence-corrected chi connectivity index (χ0v) is 15.7. The molecule has 0 unspecified atom stereocenters. The normalized spacial score (nSPS) is 11.6. The topological polar surface area (TPSA) is 68.9 Å². The zero-order chi connectivity index (χ0) is 15.2. The van der Waals surface area contributed by atoms with Crippen LogP contribution in [0.25, 0.3) is 0 Å². The SMILES string of the molecule is CCOc1cc(CN=C(N)NC(C)(C)C)ccc1OC.I. The van der Waals surface area contributed by atoms with E-state index in [2.05, 4.69) is 10.3 Å². The summed E-state index contributed by atoms with van der Waals surface area (Å²) in [6.45, 7) is 9.15. The number of halogens is 1. The molecule has 1 aromatic carbocycles. The fourth-order valence-electron chi connectivity index (χ4n) is 1.69. The third kappa shape index (κ3) is 7.40. The number of aliphatic imine (C=N–C) groups is 1. The van der Waals surface area contributed by atoms with Gasteiger partial charge in [-0.1, -0.05) is 6.07 Å². The summed E-state index contributed by atoms with van der Waals surface area (Å²) in [4.78, 5) is 4.32. The molecule has 0 aliphatic carbocycles. The largest absolute Gasteiger partial charge is 0.493 e. The summed E-state index contributed by atoms with van der Waals surface area (Å²) in [6.07, 6.45) is 0. The monoisotopic (exact) mass is 407 g/mol. The lowest BCUT2D eigenvalue weighted by atomic mass is 10.1. The summed E-state index contributed by atoms with van der Waals surface area (Å²) in [7, 11) is 1.63. The van der Waals surface area contributed by atoms with E-state index in [9.17, 15) is 0 Å². The molecule has 120 valence electrons. The van der Waals surface area contributed by atoms with Gasteiger partial charge in [0.15, 0.2) is 17.5 Å². The zero-order valence-electron chi connectivity index (χ0n) is 13.4. The second-order valence-corrected chi connectivity index (χ2v) is 5.49. The highest BCUT2D eigenvalue weighted by atomic mass is 127. The van der Waals surface area contributed by atoms with E-state index in [4.69, 9.17) is 15.2 Å². The third-order valence-corrected chi connectivity index (χ3v) is 2.46. The second-order valence-electron chi connectivity index (χ2n) is 5.49. The average Bonchev–Trinajstić information content (AvgIpc) is 2.35. The molecule has 0 radical (unpaired) electrons. The molecule has 0 aliphatic heterocycles. The Morgan fingerprint density at radius 1 is 1.29 bits per heavy atom. The predicted molar refractivity (Wildman–Crippen MR) is 97.8 cm³/mol. The molecule has 1 aromatic rings. The van der Waals surface area contributed by atoms with Crippen LogP contribution in [-0.2, 0) is 6.54 Å². The highest BCUT2D eigenvalue weighted by molar-refractivity contribution is 14.0. The number of benzene rings is 1. The molecule has 0 spiro atoms. The summed E-state index contributed by atoms with van der Waals surface area (Å²) in [6, 6.07) is 5.76. The molecular weight excluding hydrogens is 381 g/mol. The van der Waals surface area contributed by atoms with Crippen molar-refractivity contribution in [2.75, 3.05) is 13.7 Å². The van der Waals surface area contributed by atoms with E-state index in [-0.39, 0.29) is 29.5 Å². The molecule has 3 N–H and O–H groups in total. The van der Waals surface area contributed by atoms with E-state index < -0.39 is 0 Å². The van der Waals surface area contributed by atoms with Crippen molar-refractivity contribution in [2.45, 2.75) is 39.8 Å². The van der Waals surface area contributed by atoms with Crippen molar-refractivity contribution in [1.29, 1.82) is 0 Å². The van der Waals surface area contributed by atoms with Gasteiger partial charge in [-0.2, -0.15) is 0 Å². The van der Waals surface area contributed by atoms with Crippen LogP contribution in [0.4, 0.5) is 0 Å². The van der Waals surface area contributed by atoms with Crippen molar-refractivity contribution >= 4 is 29.9 Å². The second kappa shape index (κ2) is 8.96. The number of nitrogens with one attached hydrogen (secondary N) is 1. The van der Waals surface area contributed by atoms with E-state index >= 15 is 0 Å². The predicted octanol–water partition coefficient (Wildman–Crippen LogP) is 2.91. The number of methoxy groups -OCH3 is 1. The molecule has 0 aliphatic rings. The first-order valence-electron chi connectivity index (χ1n) is 6.73. The van der Waals surface area contributed by atoms with Crippen LogP contribution in [0.1, 0.15) is 33.3 Å². The molecule has 1 rings (SSSR count). The minimum Gasteiger partial charge on any atom is -0.493 e. The molecular formula is C15H26IN3O2. The summed E-state index contributed by atoms with van der Waals surface area (Å²) in [5.74, 6) is 1.89. The Morgan fingerprint density at radius 3 is 2.48 bits per heavy atom. The van der Waals surface area contributed by atoms with Gasteiger partial charge in [-0.3, -0.25) is 0 Å². The van der Waals surface area contributed by atoms with Crippen LogP contribution < -0.4 is 20.5 Å². The van der Waals surface area contributed by atoms with Gasteiger partial charge >= 0.3 is 0 Å². The lowest BCUT2D eigenvalue weighted by molar-refractivity contribution is 0.310. The standard InChI is InChI=1S/C15H25N3O2.HI/c1-6-20-13-9-11(7-8-12(13)19-5)10-17-14(16)18-15(2,3)4;/h7-9H,6,10H2,1-5H3,(H3,16,17,18);1H. The molecule has 0 heterocycles. The first kappa shape index (κ1) is 19.8. The maximum absolute atomic E-state index is 5.84. The van der Waals surface area contributed by atoms with Crippen LogP contribution in [0.15, 0.2) is 23.2 Å². The van der Waals surface area contributed by atoms with E-state index in [1.54, 1.807) is 7.11 Å². The van der Waals surface area contributed by atoms with E-state index in [0.29, 0.717) is 19.1 Å². The van der Waals surface area contributed by atoms with Crippen molar-refractivity contribution in [2.24, 2.45) is 10.7 Å². The molecule has 0 saturated carbocycles. The van der Waals surface area contributed by atoms with Gasteiger partial charge in [0.2, 0.25) is 0 Å². The van der Waals surface area contributed by atoms with Crippen LogP contribution in [0, 0.1) is 0 Å². The Hall–Kier alpha value is -1.18. The Balaban J connectivity index is 0.00000400. The van der Waals surface area contributed by atoms with Crippen molar-refractivity contribution in [3.63, 3.8) is 0 Å². The quantitative estimate of drug-likeness (QED) is 0.448. The molecule has 0 amide bonds. The maximum atomic E-state index is 5.84. The lowest BCUT2D eigenvalue weighted by Gasteiger charge is -2.21. The Kier molecular flexibility index (Phi) is 8.46. The summed E-state index contributed by atoms with van der Waals surface area (Å²) in [5.41, 5.74) is 6.77. The number of hydrogen-bond acceptors (Lipinski definition) is 3. The smallest absolute Gasteiger partial charge is 0.189 e. The number of hydrogen-bond donors (Lipinski definition) is 2. The number of ether oxygens (including phenoxy) is 2. The molecule has 0 fully saturated rings. The fourth-order valence-corrected chi connectivity index (χ4v) is 1.69. The van der Waals surface area contributed by atoms with Crippen molar-refractivity contribution < 1.29 is 9.47 Å². The van der Waals surface area contributed by atoms with Crippen LogP contribution in [-0.4, -0.2) is 25.2 Å². The van der Waals surface area contributed by atoms with E-state index in [0.717, 1.165) is 17.1 Å². The van der Waals surface area contributed by atoms with Gasteiger partial charge in [0.1, 0.15) is 0 Å². The van der Waals surface area contributed by atoms with E-state index in [1.807, 2.05) is 45.9 Å². The van der Waals surface area contributed by atoms with Gasteiger partial charge in [-0.05, 0) is 45.4 Å². The van der Waals surface area contributed by atoms with Gasteiger partial charge in [0.25, 0.3) is 0 Å². The minimum absolute atomic E-state index is 0. The van der Waals surface area contributed by atoms with Crippen LogP contribution in [0.3, 0.4) is 0 Å². The Labute approximate surface area is 144 Å². The first-order valence-corrected chi connectivity index (χ1v) is 6.73. The molecule has 0 aromatic heterocycles. The van der Waals surface area contributed by atoms with Crippen molar-refractivity contribution in [3.8, 4) is 11.5 Å².